The monoisotopic (exact) mass is 272 g/mol. The lowest BCUT2D eigenvalue weighted by Gasteiger charge is -2.20. The summed E-state index contributed by atoms with van der Waals surface area (Å²) in [6.07, 6.45) is 1.55. The zero-order valence-electron chi connectivity index (χ0n) is 12.2. The Balaban J connectivity index is 2.93. The Kier molecular flexibility index (Phi) is 6.31. The van der Waals surface area contributed by atoms with Crippen molar-refractivity contribution in [2.45, 2.75) is 20.8 Å². The maximum Gasteiger partial charge on any atom is 0.348 e. The van der Waals surface area contributed by atoms with Crippen LogP contribution in [0.25, 0.3) is 6.08 Å². The SMILES string of the molecule is CCOC(=O)/C(C#N)=C/c1ccc(N(CC)CC)cc1. The number of esters is 1. The van der Waals surface area contributed by atoms with Gasteiger partial charge in [0.2, 0.25) is 0 Å². The van der Waals surface area contributed by atoms with Gasteiger partial charge in [-0.2, -0.15) is 5.26 Å². The van der Waals surface area contributed by atoms with Crippen LogP contribution < -0.4 is 4.90 Å². The minimum atomic E-state index is -0.581. The van der Waals surface area contributed by atoms with Gasteiger partial charge in [0.05, 0.1) is 6.61 Å². The lowest BCUT2D eigenvalue weighted by molar-refractivity contribution is -0.137. The third kappa shape index (κ3) is 4.13. The smallest absolute Gasteiger partial charge is 0.348 e. The van der Waals surface area contributed by atoms with Crippen molar-refractivity contribution >= 4 is 17.7 Å². The minimum Gasteiger partial charge on any atom is -0.462 e. The number of rotatable bonds is 6. The quantitative estimate of drug-likeness (QED) is 0.454. The molecule has 0 N–H and O–H groups in total. The van der Waals surface area contributed by atoms with E-state index in [1.54, 1.807) is 13.0 Å². The normalized spacial score (nSPS) is 10.8. The molecule has 0 radical (unpaired) electrons. The van der Waals surface area contributed by atoms with E-state index in [2.05, 4.69) is 18.7 Å². The first-order valence-corrected chi connectivity index (χ1v) is 6.80. The second-order valence-corrected chi connectivity index (χ2v) is 4.15. The van der Waals surface area contributed by atoms with Gasteiger partial charge in [0.25, 0.3) is 0 Å². The van der Waals surface area contributed by atoms with Crippen LogP contribution in [0, 0.1) is 11.3 Å². The van der Waals surface area contributed by atoms with E-state index in [-0.39, 0.29) is 12.2 Å². The Morgan fingerprint density at radius 2 is 1.85 bits per heavy atom. The van der Waals surface area contributed by atoms with Crippen molar-refractivity contribution < 1.29 is 9.53 Å². The second-order valence-electron chi connectivity index (χ2n) is 4.15. The highest BCUT2D eigenvalue weighted by atomic mass is 16.5. The van der Waals surface area contributed by atoms with Crippen molar-refractivity contribution in [3.05, 3.63) is 35.4 Å². The second kappa shape index (κ2) is 8.00. The molecule has 1 aromatic carbocycles. The fourth-order valence-electron chi connectivity index (χ4n) is 1.88. The van der Waals surface area contributed by atoms with E-state index in [9.17, 15) is 4.79 Å². The number of nitrogens with zero attached hydrogens (tertiary/aromatic N) is 2. The summed E-state index contributed by atoms with van der Waals surface area (Å²) < 4.78 is 4.83. The molecule has 0 heterocycles. The van der Waals surface area contributed by atoms with E-state index in [0.29, 0.717) is 0 Å². The molecule has 0 saturated heterocycles. The summed E-state index contributed by atoms with van der Waals surface area (Å²) in [5.74, 6) is -0.581. The molecule has 0 atom stereocenters. The van der Waals surface area contributed by atoms with E-state index in [1.807, 2.05) is 30.3 Å². The van der Waals surface area contributed by atoms with Crippen molar-refractivity contribution in [1.29, 1.82) is 5.26 Å². The standard InChI is InChI=1S/C16H20N2O2/c1-4-18(5-2)15-9-7-13(8-10-15)11-14(12-17)16(19)20-6-3/h7-11H,4-6H2,1-3H3/b14-11+. The minimum absolute atomic E-state index is 0.0161. The molecule has 0 aromatic heterocycles. The van der Waals surface area contributed by atoms with Gasteiger partial charge in [0.15, 0.2) is 0 Å². The van der Waals surface area contributed by atoms with E-state index in [1.165, 1.54) is 0 Å². The molecule has 1 rings (SSSR count). The molecule has 0 aliphatic carbocycles. The van der Waals surface area contributed by atoms with Gasteiger partial charge in [-0.25, -0.2) is 4.79 Å². The Hall–Kier alpha value is -2.28. The molecular formula is C16H20N2O2. The van der Waals surface area contributed by atoms with Crippen LogP contribution in [0.5, 0.6) is 0 Å². The topological polar surface area (TPSA) is 53.3 Å². The van der Waals surface area contributed by atoms with Gasteiger partial charge in [-0.15, -0.1) is 0 Å². The van der Waals surface area contributed by atoms with Gasteiger partial charge in [-0.1, -0.05) is 12.1 Å². The lowest BCUT2D eigenvalue weighted by Crippen LogP contribution is -2.21. The zero-order valence-corrected chi connectivity index (χ0v) is 12.2. The number of benzene rings is 1. The van der Waals surface area contributed by atoms with E-state index < -0.39 is 5.97 Å². The first kappa shape index (κ1) is 15.8. The highest BCUT2D eigenvalue weighted by Crippen LogP contribution is 2.16. The van der Waals surface area contributed by atoms with Crippen LogP contribution in [0.1, 0.15) is 26.3 Å². The first-order chi connectivity index (χ1) is 9.65. The van der Waals surface area contributed by atoms with Gasteiger partial charge in [0, 0.05) is 18.8 Å². The Labute approximate surface area is 120 Å². The molecule has 0 spiro atoms. The van der Waals surface area contributed by atoms with Crippen molar-refractivity contribution in [3.8, 4) is 6.07 Å². The maximum atomic E-state index is 11.5. The summed E-state index contributed by atoms with van der Waals surface area (Å²) in [4.78, 5) is 13.8. The predicted molar refractivity (Wildman–Crippen MR) is 80.2 cm³/mol. The molecule has 0 aliphatic rings. The van der Waals surface area contributed by atoms with Crippen LogP contribution in [0.4, 0.5) is 5.69 Å². The average molecular weight is 272 g/mol. The largest absolute Gasteiger partial charge is 0.462 e. The van der Waals surface area contributed by atoms with Crippen molar-refractivity contribution in [2.75, 3.05) is 24.6 Å². The van der Waals surface area contributed by atoms with Gasteiger partial charge in [0.1, 0.15) is 11.6 Å². The number of hydrogen-bond donors (Lipinski definition) is 0. The molecular weight excluding hydrogens is 252 g/mol. The Bertz CT molecular complexity index is 508. The number of carbonyl (C=O) groups is 1. The summed E-state index contributed by atoms with van der Waals surface area (Å²) in [7, 11) is 0. The van der Waals surface area contributed by atoms with Crippen LogP contribution in [0.2, 0.25) is 0 Å². The Morgan fingerprint density at radius 3 is 2.30 bits per heavy atom. The molecule has 4 heteroatoms. The van der Waals surface area contributed by atoms with Crippen molar-refractivity contribution in [2.24, 2.45) is 0 Å². The van der Waals surface area contributed by atoms with Crippen LogP contribution in [-0.4, -0.2) is 25.7 Å². The lowest BCUT2D eigenvalue weighted by atomic mass is 10.1. The van der Waals surface area contributed by atoms with E-state index in [4.69, 9.17) is 10.00 Å². The highest BCUT2D eigenvalue weighted by Gasteiger charge is 2.09. The number of ether oxygens (including phenoxy) is 1. The fraction of sp³-hybridized carbons (Fsp3) is 0.375. The van der Waals surface area contributed by atoms with Gasteiger partial charge in [-0.3, -0.25) is 0 Å². The molecule has 0 saturated carbocycles. The fourth-order valence-corrected chi connectivity index (χ4v) is 1.88. The summed E-state index contributed by atoms with van der Waals surface area (Å²) in [6, 6.07) is 9.63. The molecule has 1 aromatic rings. The number of nitriles is 1. The van der Waals surface area contributed by atoms with E-state index >= 15 is 0 Å². The predicted octanol–water partition coefficient (Wildman–Crippen LogP) is 3.00. The molecule has 0 unspecified atom stereocenters. The van der Waals surface area contributed by atoms with Crippen LogP contribution in [-0.2, 0) is 9.53 Å². The summed E-state index contributed by atoms with van der Waals surface area (Å²) in [6.45, 7) is 8.07. The van der Waals surface area contributed by atoms with Gasteiger partial charge >= 0.3 is 5.97 Å². The highest BCUT2D eigenvalue weighted by molar-refractivity contribution is 5.97. The summed E-state index contributed by atoms with van der Waals surface area (Å²) in [5, 5.41) is 8.98. The molecule has 0 aliphatic heterocycles. The molecule has 0 bridgehead atoms. The number of carbonyl (C=O) groups excluding carboxylic acids is 1. The van der Waals surface area contributed by atoms with Crippen LogP contribution in [0.15, 0.2) is 29.8 Å². The van der Waals surface area contributed by atoms with Crippen LogP contribution in [0.3, 0.4) is 0 Å². The summed E-state index contributed by atoms with van der Waals surface area (Å²) in [5.41, 5.74) is 1.95. The number of anilines is 1. The average Bonchev–Trinajstić information content (AvgIpc) is 2.47. The third-order valence-corrected chi connectivity index (χ3v) is 2.95. The van der Waals surface area contributed by atoms with E-state index in [0.717, 1.165) is 24.3 Å². The molecule has 0 amide bonds. The van der Waals surface area contributed by atoms with Crippen molar-refractivity contribution in [1.82, 2.24) is 0 Å². The maximum absolute atomic E-state index is 11.5. The molecule has 106 valence electrons. The first-order valence-electron chi connectivity index (χ1n) is 6.80. The van der Waals surface area contributed by atoms with Gasteiger partial charge in [-0.05, 0) is 44.5 Å². The number of hydrogen-bond acceptors (Lipinski definition) is 4. The molecule has 0 fully saturated rings. The Morgan fingerprint density at radius 1 is 1.25 bits per heavy atom. The summed E-state index contributed by atoms with van der Waals surface area (Å²) >= 11 is 0. The molecule has 4 nitrogen and oxygen atoms in total. The molecule has 20 heavy (non-hydrogen) atoms. The third-order valence-electron chi connectivity index (χ3n) is 2.95. The van der Waals surface area contributed by atoms with Crippen molar-refractivity contribution in [3.63, 3.8) is 0 Å². The van der Waals surface area contributed by atoms with Gasteiger partial charge < -0.3 is 9.64 Å². The zero-order chi connectivity index (χ0) is 15.0. The van der Waals surface area contributed by atoms with Crippen LogP contribution >= 0.6 is 0 Å².